The van der Waals surface area contributed by atoms with E-state index in [4.69, 9.17) is 4.74 Å². The first-order chi connectivity index (χ1) is 11.3. The van der Waals surface area contributed by atoms with Gasteiger partial charge in [0, 0.05) is 36.6 Å². The monoisotopic (exact) mass is 306 g/mol. The second-order valence-corrected chi connectivity index (χ2v) is 6.34. The smallest absolute Gasteiger partial charge is 0.122 e. The van der Waals surface area contributed by atoms with Crippen molar-refractivity contribution in [1.82, 2.24) is 9.88 Å². The molecule has 0 saturated carbocycles. The van der Waals surface area contributed by atoms with Crippen molar-refractivity contribution in [2.24, 2.45) is 0 Å². The zero-order valence-corrected chi connectivity index (χ0v) is 13.5. The maximum atomic E-state index is 6.13. The largest absolute Gasteiger partial charge is 0.493 e. The molecule has 118 valence electrons. The lowest BCUT2D eigenvalue weighted by Crippen LogP contribution is -2.26. The molecule has 3 heteroatoms. The third kappa shape index (κ3) is 2.84. The van der Waals surface area contributed by atoms with Crippen molar-refractivity contribution >= 4 is 10.9 Å². The lowest BCUT2D eigenvalue weighted by Gasteiger charge is -2.26. The van der Waals surface area contributed by atoms with Crippen LogP contribution in [0, 0.1) is 0 Å². The minimum absolute atomic E-state index is 0.716. The summed E-state index contributed by atoms with van der Waals surface area (Å²) in [5.74, 6) is 1.07. The van der Waals surface area contributed by atoms with Crippen LogP contribution in [0.1, 0.15) is 16.7 Å². The molecule has 0 saturated heterocycles. The van der Waals surface area contributed by atoms with Crippen LogP contribution in [0.15, 0.2) is 48.7 Å². The molecule has 0 radical (unpaired) electrons. The molecule has 1 aliphatic heterocycles. The highest BCUT2D eigenvalue weighted by Crippen LogP contribution is 2.27. The summed E-state index contributed by atoms with van der Waals surface area (Å²) < 4.78 is 6.13. The molecule has 0 amide bonds. The van der Waals surface area contributed by atoms with E-state index in [9.17, 15) is 0 Å². The van der Waals surface area contributed by atoms with Crippen LogP contribution in [0.2, 0.25) is 0 Å². The summed E-state index contributed by atoms with van der Waals surface area (Å²) in [5.41, 5.74) is 5.32. The number of para-hydroxylation sites is 1. The van der Waals surface area contributed by atoms with Crippen LogP contribution in [0.4, 0.5) is 0 Å². The van der Waals surface area contributed by atoms with Gasteiger partial charge in [-0.15, -0.1) is 0 Å². The molecule has 3 nitrogen and oxygen atoms in total. The Morgan fingerprint density at radius 2 is 2.04 bits per heavy atom. The maximum Gasteiger partial charge on any atom is 0.122 e. The molecule has 3 aromatic rings. The lowest BCUT2D eigenvalue weighted by molar-refractivity contribution is 0.291. The van der Waals surface area contributed by atoms with E-state index < -0.39 is 0 Å². The number of nitrogens with zero attached hydrogens (tertiary/aromatic N) is 1. The normalized spacial score (nSPS) is 14.8. The van der Waals surface area contributed by atoms with Crippen molar-refractivity contribution in [3.63, 3.8) is 0 Å². The van der Waals surface area contributed by atoms with E-state index in [0.29, 0.717) is 6.61 Å². The number of likely N-dealkylation sites (N-methyl/N-ethyl adjacent to an activating group) is 1. The van der Waals surface area contributed by atoms with E-state index in [1.54, 1.807) is 0 Å². The van der Waals surface area contributed by atoms with Gasteiger partial charge in [-0.25, -0.2) is 0 Å². The molecule has 2 heterocycles. The van der Waals surface area contributed by atoms with Crippen LogP contribution < -0.4 is 4.74 Å². The fourth-order valence-corrected chi connectivity index (χ4v) is 3.46. The first kappa shape index (κ1) is 14.3. The number of ether oxygens (including phenoxy) is 1. The van der Waals surface area contributed by atoms with Gasteiger partial charge in [-0.1, -0.05) is 30.3 Å². The predicted molar refractivity (Wildman–Crippen MR) is 94.0 cm³/mol. The number of rotatable bonds is 4. The minimum Gasteiger partial charge on any atom is -0.493 e. The van der Waals surface area contributed by atoms with Crippen LogP contribution in [-0.4, -0.2) is 30.1 Å². The molecule has 1 aromatic heterocycles. The van der Waals surface area contributed by atoms with Gasteiger partial charge in [0.1, 0.15) is 5.75 Å². The lowest BCUT2D eigenvalue weighted by atomic mass is 9.99. The Kier molecular flexibility index (Phi) is 3.80. The van der Waals surface area contributed by atoms with Crippen molar-refractivity contribution < 1.29 is 4.74 Å². The number of nitrogens with one attached hydrogen (secondary N) is 1. The van der Waals surface area contributed by atoms with Gasteiger partial charge >= 0.3 is 0 Å². The second-order valence-electron chi connectivity index (χ2n) is 6.34. The summed E-state index contributed by atoms with van der Waals surface area (Å²) >= 11 is 0. The van der Waals surface area contributed by atoms with Gasteiger partial charge in [-0.2, -0.15) is 0 Å². The second kappa shape index (κ2) is 6.09. The highest BCUT2D eigenvalue weighted by molar-refractivity contribution is 5.83. The van der Waals surface area contributed by atoms with E-state index in [0.717, 1.165) is 31.7 Å². The Labute approximate surface area is 136 Å². The average Bonchev–Trinajstić information content (AvgIpc) is 2.98. The molecule has 0 fully saturated rings. The Morgan fingerprint density at radius 1 is 1.13 bits per heavy atom. The van der Waals surface area contributed by atoms with Crippen LogP contribution in [0.5, 0.6) is 5.75 Å². The summed E-state index contributed by atoms with van der Waals surface area (Å²) in [6, 6.07) is 14.9. The number of fused-ring (bicyclic) bond motifs is 2. The third-order valence-corrected chi connectivity index (χ3v) is 4.72. The van der Waals surface area contributed by atoms with Gasteiger partial charge in [0.2, 0.25) is 0 Å². The number of aromatic amines is 1. The van der Waals surface area contributed by atoms with Gasteiger partial charge in [0.15, 0.2) is 0 Å². The van der Waals surface area contributed by atoms with Crippen LogP contribution in [0.3, 0.4) is 0 Å². The molecule has 0 bridgehead atoms. The van der Waals surface area contributed by atoms with Gasteiger partial charge in [0.05, 0.1) is 6.61 Å². The SMILES string of the molecule is CN1CCc2c(cccc2OCCc2c[nH]c3ccccc23)C1. The Bertz CT molecular complexity index is 821. The molecule has 0 unspecified atom stereocenters. The first-order valence-electron chi connectivity index (χ1n) is 8.28. The maximum absolute atomic E-state index is 6.13. The molecule has 0 spiro atoms. The number of benzene rings is 2. The van der Waals surface area contributed by atoms with E-state index in [2.05, 4.69) is 65.6 Å². The van der Waals surface area contributed by atoms with E-state index in [1.807, 2.05) is 0 Å². The summed E-state index contributed by atoms with van der Waals surface area (Å²) in [7, 11) is 2.17. The number of hydrogen-bond donors (Lipinski definition) is 1. The summed E-state index contributed by atoms with van der Waals surface area (Å²) in [5, 5.41) is 1.30. The summed E-state index contributed by atoms with van der Waals surface area (Å²) in [6.45, 7) is 2.85. The zero-order valence-electron chi connectivity index (χ0n) is 13.5. The molecule has 0 atom stereocenters. The van der Waals surface area contributed by atoms with Crippen LogP contribution >= 0.6 is 0 Å². The van der Waals surface area contributed by atoms with E-state index in [1.165, 1.54) is 27.6 Å². The van der Waals surface area contributed by atoms with Crippen molar-refractivity contribution in [1.29, 1.82) is 0 Å². The predicted octanol–water partition coefficient (Wildman–Crippen LogP) is 3.78. The van der Waals surface area contributed by atoms with Crippen molar-refractivity contribution in [3.8, 4) is 5.75 Å². The molecule has 23 heavy (non-hydrogen) atoms. The first-order valence-corrected chi connectivity index (χ1v) is 8.28. The molecule has 1 N–H and O–H groups in total. The van der Waals surface area contributed by atoms with Gasteiger partial charge in [-0.05, 0) is 42.3 Å². The van der Waals surface area contributed by atoms with Gasteiger partial charge in [0.25, 0.3) is 0 Å². The molecular weight excluding hydrogens is 284 g/mol. The van der Waals surface area contributed by atoms with Crippen molar-refractivity contribution in [3.05, 3.63) is 65.4 Å². The summed E-state index contributed by atoms with van der Waals surface area (Å²) in [4.78, 5) is 5.69. The van der Waals surface area contributed by atoms with Crippen LogP contribution in [0.25, 0.3) is 10.9 Å². The molecule has 2 aromatic carbocycles. The quantitative estimate of drug-likeness (QED) is 0.794. The molecular formula is C20H22N2O. The van der Waals surface area contributed by atoms with E-state index >= 15 is 0 Å². The van der Waals surface area contributed by atoms with Crippen molar-refractivity contribution in [2.75, 3.05) is 20.2 Å². The standard InChI is InChI=1S/C20H22N2O/c1-22-11-9-18-16(14-22)5-4-8-20(18)23-12-10-15-13-21-19-7-3-2-6-17(15)19/h2-8,13,21H,9-12,14H2,1H3. The minimum atomic E-state index is 0.716. The Hall–Kier alpha value is -2.26. The summed E-state index contributed by atoms with van der Waals surface area (Å²) in [6.07, 6.45) is 4.10. The molecule has 1 aliphatic rings. The van der Waals surface area contributed by atoms with E-state index in [-0.39, 0.29) is 0 Å². The number of hydrogen-bond acceptors (Lipinski definition) is 2. The molecule has 0 aliphatic carbocycles. The Balaban J connectivity index is 1.47. The van der Waals surface area contributed by atoms with Crippen LogP contribution in [-0.2, 0) is 19.4 Å². The molecule has 4 rings (SSSR count). The number of aromatic nitrogens is 1. The zero-order chi connectivity index (χ0) is 15.6. The average molecular weight is 306 g/mol. The Morgan fingerprint density at radius 3 is 3.00 bits per heavy atom. The number of H-pyrrole nitrogens is 1. The van der Waals surface area contributed by atoms with Crippen molar-refractivity contribution in [2.45, 2.75) is 19.4 Å². The fourth-order valence-electron chi connectivity index (χ4n) is 3.46. The third-order valence-electron chi connectivity index (χ3n) is 4.72. The fraction of sp³-hybridized carbons (Fsp3) is 0.300. The van der Waals surface area contributed by atoms with Gasteiger partial charge < -0.3 is 14.6 Å². The highest BCUT2D eigenvalue weighted by Gasteiger charge is 2.16. The topological polar surface area (TPSA) is 28.3 Å². The van der Waals surface area contributed by atoms with Gasteiger partial charge in [-0.3, -0.25) is 0 Å². The highest BCUT2D eigenvalue weighted by atomic mass is 16.5.